The predicted molar refractivity (Wildman–Crippen MR) is 82.7 cm³/mol. The van der Waals surface area contributed by atoms with Gasteiger partial charge in [0.2, 0.25) is 6.79 Å². The first-order valence-electron chi connectivity index (χ1n) is 7.86. The number of nitrogens with one attached hydrogen (secondary N) is 1. The fourth-order valence-corrected chi connectivity index (χ4v) is 4.03. The Morgan fingerprint density at radius 2 is 2.14 bits per heavy atom. The Bertz CT molecular complexity index is 607. The summed E-state index contributed by atoms with van der Waals surface area (Å²) in [6.07, 6.45) is 4.72. The standard InChI is InChI=1S/C16H19ClN2O3/c17-11-7-10(8-14-15(11)22-9-21-14)16(20)18-12-4-6-19-5-2-1-3-13(12)19/h7-8,12-13H,1-6,9H2,(H,18,20)/t12-,13-/m0/s1. The Morgan fingerprint density at radius 1 is 1.23 bits per heavy atom. The number of hydrogen-bond acceptors (Lipinski definition) is 4. The van der Waals surface area contributed by atoms with Crippen molar-refractivity contribution in [1.82, 2.24) is 10.2 Å². The molecule has 0 aromatic heterocycles. The summed E-state index contributed by atoms with van der Waals surface area (Å²) in [5.41, 5.74) is 0.531. The van der Waals surface area contributed by atoms with E-state index < -0.39 is 0 Å². The van der Waals surface area contributed by atoms with E-state index in [1.54, 1.807) is 12.1 Å². The molecule has 0 unspecified atom stereocenters. The first-order chi connectivity index (χ1) is 10.7. The number of nitrogens with zero attached hydrogens (tertiary/aromatic N) is 1. The minimum Gasteiger partial charge on any atom is -0.454 e. The summed E-state index contributed by atoms with van der Waals surface area (Å²) >= 11 is 6.15. The number of fused-ring (bicyclic) bond motifs is 2. The van der Waals surface area contributed by atoms with Crippen LogP contribution in [0.1, 0.15) is 36.0 Å². The van der Waals surface area contributed by atoms with Gasteiger partial charge in [-0.25, -0.2) is 0 Å². The minimum absolute atomic E-state index is 0.0855. The predicted octanol–water partition coefficient (Wildman–Crippen LogP) is 2.43. The number of piperidine rings is 1. The van der Waals surface area contributed by atoms with Gasteiger partial charge >= 0.3 is 0 Å². The van der Waals surface area contributed by atoms with Crippen LogP contribution < -0.4 is 14.8 Å². The highest BCUT2D eigenvalue weighted by atomic mass is 35.5. The monoisotopic (exact) mass is 322 g/mol. The van der Waals surface area contributed by atoms with E-state index in [2.05, 4.69) is 10.2 Å². The summed E-state index contributed by atoms with van der Waals surface area (Å²) in [6.45, 7) is 2.39. The molecule has 2 fully saturated rings. The number of carbonyl (C=O) groups excluding carboxylic acids is 1. The third-order valence-electron chi connectivity index (χ3n) is 4.86. The van der Waals surface area contributed by atoms with Gasteiger partial charge in [0.15, 0.2) is 11.5 Å². The summed E-state index contributed by atoms with van der Waals surface area (Å²) in [6, 6.07) is 4.08. The first-order valence-corrected chi connectivity index (χ1v) is 8.24. The SMILES string of the molecule is O=C(N[C@H]1CCN2CCCC[C@@H]12)c1cc(Cl)c2c(c1)OCO2. The molecule has 118 valence electrons. The zero-order valence-electron chi connectivity index (χ0n) is 12.3. The summed E-state index contributed by atoms with van der Waals surface area (Å²) < 4.78 is 10.6. The lowest BCUT2D eigenvalue weighted by molar-refractivity contribution is 0.0915. The summed E-state index contributed by atoms with van der Waals surface area (Å²) in [5.74, 6) is 0.985. The number of benzene rings is 1. The Hall–Kier alpha value is -1.46. The molecule has 22 heavy (non-hydrogen) atoms. The van der Waals surface area contributed by atoms with Crippen LogP contribution >= 0.6 is 11.6 Å². The van der Waals surface area contributed by atoms with Crippen molar-refractivity contribution in [2.45, 2.75) is 37.8 Å². The second-order valence-corrected chi connectivity index (χ2v) is 6.57. The van der Waals surface area contributed by atoms with E-state index in [4.69, 9.17) is 21.1 Å². The van der Waals surface area contributed by atoms with Crippen LogP contribution in [0.25, 0.3) is 0 Å². The van der Waals surface area contributed by atoms with Crippen molar-refractivity contribution >= 4 is 17.5 Å². The molecule has 3 aliphatic rings. The molecule has 5 nitrogen and oxygen atoms in total. The van der Waals surface area contributed by atoms with Gasteiger partial charge in [-0.05, 0) is 37.9 Å². The van der Waals surface area contributed by atoms with E-state index in [0.717, 1.165) is 19.5 Å². The van der Waals surface area contributed by atoms with Gasteiger partial charge in [-0.15, -0.1) is 0 Å². The van der Waals surface area contributed by atoms with Crippen molar-refractivity contribution in [3.8, 4) is 11.5 Å². The van der Waals surface area contributed by atoms with Crippen molar-refractivity contribution in [2.24, 2.45) is 0 Å². The number of hydrogen-bond donors (Lipinski definition) is 1. The molecule has 6 heteroatoms. The fraction of sp³-hybridized carbons (Fsp3) is 0.562. The zero-order chi connectivity index (χ0) is 15.1. The molecule has 2 saturated heterocycles. The summed E-state index contributed by atoms with van der Waals surface area (Å²) in [7, 11) is 0. The molecule has 0 aliphatic carbocycles. The van der Waals surface area contributed by atoms with E-state index in [0.29, 0.717) is 28.1 Å². The maximum absolute atomic E-state index is 12.5. The van der Waals surface area contributed by atoms with Crippen molar-refractivity contribution in [3.63, 3.8) is 0 Å². The molecule has 0 bridgehead atoms. The van der Waals surface area contributed by atoms with Gasteiger partial charge in [-0.2, -0.15) is 0 Å². The average molecular weight is 323 g/mol. The number of amides is 1. The number of carbonyl (C=O) groups is 1. The highest BCUT2D eigenvalue weighted by Crippen LogP contribution is 2.39. The van der Waals surface area contributed by atoms with Crippen LogP contribution in [0.4, 0.5) is 0 Å². The van der Waals surface area contributed by atoms with Gasteiger partial charge in [0.25, 0.3) is 5.91 Å². The molecule has 1 amide bonds. The molecular formula is C16H19ClN2O3. The third-order valence-corrected chi connectivity index (χ3v) is 5.14. The molecule has 3 heterocycles. The maximum atomic E-state index is 12.5. The van der Waals surface area contributed by atoms with Crippen LogP contribution in [0.5, 0.6) is 11.5 Å². The van der Waals surface area contributed by atoms with Gasteiger partial charge in [0, 0.05) is 24.2 Å². The molecule has 0 spiro atoms. The van der Waals surface area contributed by atoms with Gasteiger partial charge in [0.05, 0.1) is 5.02 Å². The lowest BCUT2D eigenvalue weighted by Crippen LogP contribution is -2.46. The fourth-order valence-electron chi connectivity index (χ4n) is 3.77. The molecule has 0 saturated carbocycles. The Morgan fingerprint density at radius 3 is 3.05 bits per heavy atom. The lowest BCUT2D eigenvalue weighted by Gasteiger charge is -2.32. The molecular weight excluding hydrogens is 304 g/mol. The minimum atomic E-state index is -0.0855. The van der Waals surface area contributed by atoms with Crippen LogP contribution in [0, 0.1) is 0 Å². The van der Waals surface area contributed by atoms with E-state index in [1.807, 2.05) is 0 Å². The maximum Gasteiger partial charge on any atom is 0.251 e. The molecule has 3 aliphatic heterocycles. The van der Waals surface area contributed by atoms with Crippen LogP contribution in [0.3, 0.4) is 0 Å². The molecule has 2 atom stereocenters. The van der Waals surface area contributed by atoms with Gasteiger partial charge in [0.1, 0.15) is 0 Å². The third kappa shape index (κ3) is 2.42. The number of rotatable bonds is 2. The smallest absolute Gasteiger partial charge is 0.251 e. The van der Waals surface area contributed by atoms with Gasteiger partial charge in [-0.1, -0.05) is 18.0 Å². The van der Waals surface area contributed by atoms with Crippen molar-refractivity contribution in [3.05, 3.63) is 22.7 Å². The Balaban J connectivity index is 1.49. The van der Waals surface area contributed by atoms with E-state index in [-0.39, 0.29) is 18.7 Å². The number of halogens is 1. The van der Waals surface area contributed by atoms with Crippen LogP contribution in [-0.4, -0.2) is 42.8 Å². The molecule has 4 rings (SSSR count). The molecule has 0 radical (unpaired) electrons. The van der Waals surface area contributed by atoms with Gasteiger partial charge < -0.3 is 14.8 Å². The molecule has 1 aromatic rings. The van der Waals surface area contributed by atoms with E-state index >= 15 is 0 Å². The second-order valence-electron chi connectivity index (χ2n) is 6.16. The zero-order valence-corrected chi connectivity index (χ0v) is 13.1. The first kappa shape index (κ1) is 14.2. The van der Waals surface area contributed by atoms with Crippen LogP contribution in [0.15, 0.2) is 12.1 Å². The molecule has 1 N–H and O–H groups in total. The quantitative estimate of drug-likeness (QED) is 0.908. The lowest BCUT2D eigenvalue weighted by atomic mass is 9.99. The largest absolute Gasteiger partial charge is 0.454 e. The topological polar surface area (TPSA) is 50.8 Å². The van der Waals surface area contributed by atoms with Crippen molar-refractivity contribution < 1.29 is 14.3 Å². The highest BCUT2D eigenvalue weighted by molar-refractivity contribution is 6.32. The summed E-state index contributed by atoms with van der Waals surface area (Å²) in [4.78, 5) is 15.0. The van der Waals surface area contributed by atoms with E-state index in [1.165, 1.54) is 19.3 Å². The van der Waals surface area contributed by atoms with Crippen molar-refractivity contribution in [2.75, 3.05) is 19.9 Å². The number of ether oxygens (including phenoxy) is 2. The van der Waals surface area contributed by atoms with Crippen LogP contribution in [0.2, 0.25) is 5.02 Å². The van der Waals surface area contributed by atoms with E-state index in [9.17, 15) is 4.79 Å². The van der Waals surface area contributed by atoms with Crippen LogP contribution in [-0.2, 0) is 0 Å². The van der Waals surface area contributed by atoms with Crippen molar-refractivity contribution in [1.29, 1.82) is 0 Å². The highest BCUT2D eigenvalue weighted by Gasteiger charge is 2.36. The molecule has 1 aromatic carbocycles. The average Bonchev–Trinajstić information content (AvgIpc) is 3.15. The van der Waals surface area contributed by atoms with Gasteiger partial charge in [-0.3, -0.25) is 9.69 Å². The second kappa shape index (κ2) is 5.63. The summed E-state index contributed by atoms with van der Waals surface area (Å²) in [5, 5.41) is 3.60. The normalized spacial score (nSPS) is 26.8. The Kier molecular flexibility index (Phi) is 3.62. The Labute approximate surface area is 134 Å².